The van der Waals surface area contributed by atoms with Crippen molar-refractivity contribution in [3.8, 4) is 0 Å². The zero-order chi connectivity index (χ0) is 17.0. The highest BCUT2D eigenvalue weighted by molar-refractivity contribution is 7.71. The summed E-state index contributed by atoms with van der Waals surface area (Å²) in [5, 5.41) is 3.27. The number of nitrogens with one attached hydrogen (secondary N) is 2. The Morgan fingerprint density at radius 2 is 2.04 bits per heavy atom. The Bertz CT molecular complexity index is 854. The number of aromatic amines is 1. The monoisotopic (exact) mass is 333 g/mol. The minimum Gasteiger partial charge on any atom is -0.353 e. The Balaban J connectivity index is 2.11. The smallest absolute Gasteiger partial charge is 0.262 e. The number of Topliss-reactive ketones (excluding diaryl/α,β-unsaturated/α-hetero) is 1. The number of H-pyrrole nitrogens is 1. The second kappa shape index (κ2) is 7.32. The first-order chi connectivity index (χ1) is 10.9. The molecule has 1 amide bonds. The molecule has 23 heavy (non-hydrogen) atoms. The van der Waals surface area contributed by atoms with E-state index in [0.29, 0.717) is 22.1 Å². The molecule has 1 aromatic heterocycles. The van der Waals surface area contributed by atoms with Crippen LogP contribution in [0.1, 0.15) is 26.7 Å². The highest BCUT2D eigenvalue weighted by atomic mass is 32.1. The third-order valence-corrected chi connectivity index (χ3v) is 3.78. The molecule has 0 aliphatic heterocycles. The maximum atomic E-state index is 12.4. The molecule has 2 N–H and O–H groups in total. The van der Waals surface area contributed by atoms with Gasteiger partial charge in [0.25, 0.3) is 5.56 Å². The van der Waals surface area contributed by atoms with Crippen LogP contribution in [0.25, 0.3) is 10.9 Å². The average molecular weight is 333 g/mol. The Morgan fingerprint density at radius 1 is 1.35 bits per heavy atom. The summed E-state index contributed by atoms with van der Waals surface area (Å²) in [5.74, 6) is -0.195. The third kappa shape index (κ3) is 4.35. The fourth-order valence-electron chi connectivity index (χ4n) is 2.44. The highest BCUT2D eigenvalue weighted by Gasteiger charge is 2.11. The summed E-state index contributed by atoms with van der Waals surface area (Å²) in [5.41, 5.74) is 0.465. The van der Waals surface area contributed by atoms with Crippen LogP contribution >= 0.6 is 12.2 Å². The Kier molecular flexibility index (Phi) is 5.44. The van der Waals surface area contributed by atoms with E-state index < -0.39 is 0 Å². The molecular formula is C16H19N3O3S. The summed E-state index contributed by atoms with van der Waals surface area (Å²) in [6.07, 6.45) is 0.416. The molecule has 6 nitrogen and oxygen atoms in total. The van der Waals surface area contributed by atoms with Crippen molar-refractivity contribution in [1.29, 1.82) is 0 Å². The number of fused-ring (bicyclic) bond motifs is 1. The number of benzene rings is 1. The lowest BCUT2D eigenvalue weighted by Crippen LogP contribution is -2.35. The molecule has 0 spiro atoms. The van der Waals surface area contributed by atoms with E-state index in [9.17, 15) is 14.4 Å². The number of hydrogen-bond acceptors (Lipinski definition) is 4. The van der Waals surface area contributed by atoms with Crippen LogP contribution in [0.4, 0.5) is 0 Å². The van der Waals surface area contributed by atoms with Crippen molar-refractivity contribution in [3.63, 3.8) is 0 Å². The van der Waals surface area contributed by atoms with Gasteiger partial charge in [0.05, 0.1) is 10.9 Å². The largest absolute Gasteiger partial charge is 0.353 e. The van der Waals surface area contributed by atoms with E-state index in [4.69, 9.17) is 12.2 Å². The molecular weight excluding hydrogens is 314 g/mol. The summed E-state index contributed by atoms with van der Waals surface area (Å²) in [6.45, 7) is 3.45. The van der Waals surface area contributed by atoms with Gasteiger partial charge in [0, 0.05) is 25.4 Å². The van der Waals surface area contributed by atoms with Crippen molar-refractivity contribution < 1.29 is 9.59 Å². The van der Waals surface area contributed by atoms with Crippen molar-refractivity contribution in [2.45, 2.75) is 39.3 Å². The minimum absolute atomic E-state index is 0.0194. The molecule has 0 saturated carbocycles. The average Bonchev–Trinajstić information content (AvgIpc) is 2.46. The number of para-hydroxylation sites is 1. The van der Waals surface area contributed by atoms with Crippen molar-refractivity contribution in [3.05, 3.63) is 39.4 Å². The summed E-state index contributed by atoms with van der Waals surface area (Å²) in [4.78, 5) is 38.3. The molecule has 1 heterocycles. The maximum absolute atomic E-state index is 12.4. The second-order valence-corrected chi connectivity index (χ2v) is 5.94. The van der Waals surface area contributed by atoms with Gasteiger partial charge in [0.15, 0.2) is 4.77 Å². The number of nitrogens with zero attached hydrogens (tertiary/aromatic N) is 1. The van der Waals surface area contributed by atoms with E-state index >= 15 is 0 Å². The molecule has 0 bridgehead atoms. The topological polar surface area (TPSA) is 84.0 Å². The molecule has 0 aliphatic rings. The van der Waals surface area contributed by atoms with Crippen LogP contribution in [0.2, 0.25) is 0 Å². The maximum Gasteiger partial charge on any atom is 0.262 e. The van der Waals surface area contributed by atoms with Gasteiger partial charge in [-0.25, -0.2) is 0 Å². The van der Waals surface area contributed by atoms with E-state index in [1.54, 1.807) is 25.1 Å². The van der Waals surface area contributed by atoms with E-state index in [0.717, 1.165) is 0 Å². The number of rotatable bonds is 6. The van der Waals surface area contributed by atoms with E-state index in [1.165, 1.54) is 11.5 Å². The number of carbonyl (C=O) groups excluding carboxylic acids is 2. The van der Waals surface area contributed by atoms with Crippen molar-refractivity contribution in [2.24, 2.45) is 0 Å². The molecule has 0 fully saturated rings. The summed E-state index contributed by atoms with van der Waals surface area (Å²) < 4.78 is 1.67. The van der Waals surface area contributed by atoms with Gasteiger partial charge in [-0.2, -0.15) is 0 Å². The number of amides is 1. The second-order valence-electron chi connectivity index (χ2n) is 5.56. The molecule has 0 saturated heterocycles. The van der Waals surface area contributed by atoms with Crippen LogP contribution in [-0.4, -0.2) is 27.3 Å². The lowest BCUT2D eigenvalue weighted by molar-refractivity contribution is -0.122. The summed E-state index contributed by atoms with van der Waals surface area (Å²) >= 11 is 5.19. The van der Waals surface area contributed by atoms with Gasteiger partial charge in [0.2, 0.25) is 5.91 Å². The first kappa shape index (κ1) is 17.1. The fraction of sp³-hybridized carbons (Fsp3) is 0.375. The van der Waals surface area contributed by atoms with Gasteiger partial charge in [-0.3, -0.25) is 19.0 Å². The summed E-state index contributed by atoms with van der Waals surface area (Å²) in [7, 11) is 0. The zero-order valence-corrected chi connectivity index (χ0v) is 13.9. The molecule has 0 radical (unpaired) electrons. The van der Waals surface area contributed by atoms with E-state index in [2.05, 4.69) is 10.3 Å². The SMILES string of the molecule is CC(=O)C[C@@H](C)NC(=O)CCn1c(=S)[nH]c2ccccc2c1=O. The predicted molar refractivity (Wildman–Crippen MR) is 90.9 cm³/mol. The van der Waals surface area contributed by atoms with Crippen molar-refractivity contribution in [1.82, 2.24) is 14.9 Å². The lowest BCUT2D eigenvalue weighted by Gasteiger charge is -2.13. The van der Waals surface area contributed by atoms with Gasteiger partial charge in [-0.1, -0.05) is 12.1 Å². The van der Waals surface area contributed by atoms with Gasteiger partial charge < -0.3 is 10.3 Å². The van der Waals surface area contributed by atoms with Crippen LogP contribution in [0.15, 0.2) is 29.1 Å². The standard InChI is InChI=1S/C16H19N3O3S/c1-10(9-11(2)20)17-14(21)7-8-19-15(22)12-5-3-4-6-13(12)18-16(19)23/h3-6,10H,7-9H2,1-2H3,(H,17,21)(H,18,23)/t10-/m1/s1. The number of aromatic nitrogens is 2. The lowest BCUT2D eigenvalue weighted by atomic mass is 10.2. The van der Waals surface area contributed by atoms with Crippen molar-refractivity contribution in [2.75, 3.05) is 0 Å². The zero-order valence-electron chi connectivity index (χ0n) is 13.1. The van der Waals surface area contributed by atoms with Gasteiger partial charge in [0.1, 0.15) is 5.78 Å². The first-order valence-corrected chi connectivity index (χ1v) is 7.80. The molecule has 0 unspecified atom stereocenters. The number of ketones is 1. The van der Waals surface area contributed by atoms with Crippen molar-refractivity contribution >= 4 is 34.8 Å². The van der Waals surface area contributed by atoms with Crippen LogP contribution in [-0.2, 0) is 16.1 Å². The number of hydrogen-bond donors (Lipinski definition) is 2. The molecule has 0 aliphatic carbocycles. The van der Waals surface area contributed by atoms with E-state index in [1.807, 2.05) is 6.07 Å². The number of carbonyl (C=O) groups is 2. The van der Waals surface area contributed by atoms with Gasteiger partial charge in [-0.15, -0.1) is 0 Å². The van der Waals surface area contributed by atoms with Crippen LogP contribution in [0, 0.1) is 4.77 Å². The predicted octanol–water partition coefficient (Wildman–Crippen LogP) is 1.93. The first-order valence-electron chi connectivity index (χ1n) is 7.39. The van der Waals surface area contributed by atoms with Crippen LogP contribution in [0.3, 0.4) is 0 Å². The molecule has 7 heteroatoms. The Labute approximate surface area is 138 Å². The Morgan fingerprint density at radius 3 is 2.74 bits per heavy atom. The minimum atomic E-state index is -0.220. The quantitative estimate of drug-likeness (QED) is 0.791. The van der Waals surface area contributed by atoms with E-state index in [-0.39, 0.29) is 36.3 Å². The molecule has 2 rings (SSSR count). The summed E-state index contributed by atoms with van der Waals surface area (Å²) in [6, 6.07) is 6.88. The van der Waals surface area contributed by atoms with Crippen LogP contribution < -0.4 is 10.9 Å². The molecule has 122 valence electrons. The molecule has 2 aromatic rings. The highest BCUT2D eigenvalue weighted by Crippen LogP contribution is 2.06. The molecule has 1 atom stereocenters. The van der Waals surface area contributed by atoms with Crippen LogP contribution in [0.5, 0.6) is 0 Å². The van der Waals surface area contributed by atoms with Gasteiger partial charge >= 0.3 is 0 Å². The van der Waals surface area contributed by atoms with Gasteiger partial charge in [-0.05, 0) is 38.2 Å². The fourth-order valence-corrected chi connectivity index (χ4v) is 2.73. The Hall–Kier alpha value is -2.28. The normalized spacial score (nSPS) is 12.1. The molecule has 1 aromatic carbocycles. The third-order valence-electron chi connectivity index (χ3n) is 3.45.